The number of nitrogens with two attached hydrogens (primary N) is 1. The van der Waals surface area contributed by atoms with E-state index in [0.29, 0.717) is 18.2 Å². The van der Waals surface area contributed by atoms with Gasteiger partial charge in [0.2, 0.25) is 0 Å². The van der Waals surface area contributed by atoms with Gasteiger partial charge in [-0.25, -0.2) is 9.78 Å². The number of carboxylic acid groups (broad SMARTS) is 1. The van der Waals surface area contributed by atoms with Crippen molar-refractivity contribution >= 4 is 22.6 Å². The Hall–Kier alpha value is -2.16. The molecule has 0 bridgehead atoms. The van der Waals surface area contributed by atoms with Gasteiger partial charge >= 0.3 is 6.09 Å². The van der Waals surface area contributed by atoms with Gasteiger partial charge in [0, 0.05) is 19.3 Å². The number of aromatic nitrogens is 4. The fraction of sp³-hybridized carbons (Fsp3) is 0.400. The van der Waals surface area contributed by atoms with E-state index in [1.165, 1.54) is 11.3 Å². The Balaban J connectivity index is 1.79. The highest BCUT2D eigenvalue weighted by atomic mass is 32.1. The third-order valence-electron chi connectivity index (χ3n) is 2.40. The summed E-state index contributed by atoms with van der Waals surface area (Å²) in [5.41, 5.74) is 6.31. The highest BCUT2D eigenvalue weighted by Crippen LogP contribution is 2.24. The van der Waals surface area contributed by atoms with Crippen LogP contribution in [0.2, 0.25) is 0 Å². The van der Waals surface area contributed by atoms with Gasteiger partial charge < -0.3 is 16.2 Å². The maximum atomic E-state index is 10.2. The number of unbranched alkanes of at least 4 members (excludes halogenated alkanes) is 1. The number of thiazole rings is 1. The van der Waals surface area contributed by atoms with E-state index in [1.54, 1.807) is 10.9 Å². The average Bonchev–Trinajstić information content (AvgIpc) is 2.97. The highest BCUT2D eigenvalue weighted by Gasteiger charge is 2.07. The zero-order chi connectivity index (χ0) is 13.7. The van der Waals surface area contributed by atoms with Crippen molar-refractivity contribution < 1.29 is 9.90 Å². The van der Waals surface area contributed by atoms with Gasteiger partial charge in [-0.1, -0.05) is 16.6 Å². The van der Waals surface area contributed by atoms with E-state index in [2.05, 4.69) is 20.6 Å². The minimum Gasteiger partial charge on any atom is -0.465 e. The molecule has 0 saturated carbocycles. The molecule has 1 amide bonds. The number of rotatable bonds is 6. The summed E-state index contributed by atoms with van der Waals surface area (Å²) in [5.74, 6) is 0. The Morgan fingerprint density at radius 2 is 2.37 bits per heavy atom. The van der Waals surface area contributed by atoms with Crippen molar-refractivity contribution in [3.05, 3.63) is 12.4 Å². The lowest BCUT2D eigenvalue weighted by atomic mass is 10.3. The number of aryl methyl sites for hydroxylation is 1. The molecule has 4 N–H and O–H groups in total. The second kappa shape index (κ2) is 6.14. The second-order valence-corrected chi connectivity index (χ2v) is 4.93. The third kappa shape index (κ3) is 3.91. The van der Waals surface area contributed by atoms with Crippen LogP contribution < -0.4 is 11.1 Å². The summed E-state index contributed by atoms with van der Waals surface area (Å²) in [4.78, 5) is 15.1. The smallest absolute Gasteiger partial charge is 0.404 e. The Morgan fingerprint density at radius 1 is 1.53 bits per heavy atom. The molecule has 9 heteroatoms. The molecule has 2 aromatic heterocycles. The summed E-state index contributed by atoms with van der Waals surface area (Å²) >= 11 is 1.36. The summed E-state index contributed by atoms with van der Waals surface area (Å²) in [5, 5.41) is 19.3. The monoisotopic (exact) mass is 282 g/mol. The lowest BCUT2D eigenvalue weighted by Crippen LogP contribution is -2.22. The Kier molecular flexibility index (Phi) is 4.29. The van der Waals surface area contributed by atoms with E-state index < -0.39 is 6.09 Å². The van der Waals surface area contributed by atoms with Crippen LogP contribution >= 0.6 is 11.3 Å². The molecule has 8 nitrogen and oxygen atoms in total. The van der Waals surface area contributed by atoms with Gasteiger partial charge in [0.05, 0.1) is 11.1 Å². The zero-order valence-electron chi connectivity index (χ0n) is 10.1. The first-order chi connectivity index (χ1) is 9.15. The lowest BCUT2D eigenvalue weighted by molar-refractivity contribution is 0.194. The summed E-state index contributed by atoms with van der Waals surface area (Å²) in [6.45, 7) is 1.14. The van der Waals surface area contributed by atoms with Crippen LogP contribution in [0.1, 0.15) is 12.8 Å². The Morgan fingerprint density at radius 3 is 3.05 bits per heavy atom. The number of carbonyl (C=O) groups is 1. The molecule has 19 heavy (non-hydrogen) atoms. The lowest BCUT2D eigenvalue weighted by Gasteiger charge is -2.00. The minimum absolute atomic E-state index is 0.447. The van der Waals surface area contributed by atoms with E-state index in [4.69, 9.17) is 10.8 Å². The van der Waals surface area contributed by atoms with E-state index in [0.717, 1.165) is 23.4 Å². The van der Waals surface area contributed by atoms with E-state index >= 15 is 0 Å². The van der Waals surface area contributed by atoms with Gasteiger partial charge in [0.1, 0.15) is 5.69 Å². The van der Waals surface area contributed by atoms with Crippen LogP contribution in [0, 0.1) is 0 Å². The van der Waals surface area contributed by atoms with Crippen LogP contribution in [0.3, 0.4) is 0 Å². The topological polar surface area (TPSA) is 119 Å². The number of anilines is 1. The van der Waals surface area contributed by atoms with E-state index in [1.807, 2.05) is 6.20 Å². The molecule has 0 radical (unpaired) electrons. The van der Waals surface area contributed by atoms with Crippen molar-refractivity contribution in [2.24, 2.45) is 0 Å². The first-order valence-electron chi connectivity index (χ1n) is 5.74. The van der Waals surface area contributed by atoms with Gasteiger partial charge in [-0.15, -0.1) is 5.10 Å². The maximum absolute atomic E-state index is 10.2. The van der Waals surface area contributed by atoms with Gasteiger partial charge in [-0.3, -0.25) is 4.68 Å². The van der Waals surface area contributed by atoms with Crippen LogP contribution in [0.25, 0.3) is 10.6 Å². The van der Waals surface area contributed by atoms with Gasteiger partial charge in [0.15, 0.2) is 5.13 Å². The molecule has 102 valence electrons. The normalized spacial score (nSPS) is 10.5. The molecule has 0 aromatic carbocycles. The van der Waals surface area contributed by atoms with Crippen molar-refractivity contribution in [1.82, 2.24) is 25.3 Å². The van der Waals surface area contributed by atoms with Crippen LogP contribution in [0.5, 0.6) is 0 Å². The molecular weight excluding hydrogens is 268 g/mol. The van der Waals surface area contributed by atoms with Crippen molar-refractivity contribution in [1.29, 1.82) is 0 Å². The highest BCUT2D eigenvalue weighted by molar-refractivity contribution is 7.18. The molecule has 2 heterocycles. The molecule has 0 atom stereocenters. The molecule has 0 fully saturated rings. The quantitative estimate of drug-likeness (QED) is 0.681. The number of nitrogens with one attached hydrogen (secondary N) is 1. The molecule has 0 unspecified atom stereocenters. The van der Waals surface area contributed by atoms with Crippen LogP contribution in [-0.4, -0.2) is 37.7 Å². The van der Waals surface area contributed by atoms with Crippen LogP contribution in [-0.2, 0) is 6.54 Å². The SMILES string of the molecule is Nc1ncc(-c2cn(CCCCNC(=O)O)nn2)s1. The van der Waals surface area contributed by atoms with Crippen molar-refractivity contribution in [3.63, 3.8) is 0 Å². The first kappa shape index (κ1) is 13.3. The fourth-order valence-corrected chi connectivity index (χ4v) is 2.15. The zero-order valence-corrected chi connectivity index (χ0v) is 10.9. The molecule has 0 aliphatic carbocycles. The summed E-state index contributed by atoms with van der Waals surface area (Å²) in [7, 11) is 0. The summed E-state index contributed by atoms with van der Waals surface area (Å²) < 4.78 is 1.73. The van der Waals surface area contributed by atoms with Gasteiger partial charge in [-0.05, 0) is 12.8 Å². The van der Waals surface area contributed by atoms with Crippen LogP contribution in [0.15, 0.2) is 12.4 Å². The first-order valence-corrected chi connectivity index (χ1v) is 6.55. The molecule has 0 saturated heterocycles. The number of hydrogen-bond donors (Lipinski definition) is 3. The molecule has 2 rings (SSSR count). The van der Waals surface area contributed by atoms with Gasteiger partial charge in [0.25, 0.3) is 0 Å². The number of hydrogen-bond acceptors (Lipinski definition) is 6. The summed E-state index contributed by atoms with van der Waals surface area (Å²) in [6.07, 6.45) is 4.09. The van der Waals surface area contributed by atoms with E-state index in [-0.39, 0.29) is 0 Å². The molecular formula is C10H14N6O2S. The maximum Gasteiger partial charge on any atom is 0.404 e. The van der Waals surface area contributed by atoms with Crippen molar-refractivity contribution in [2.45, 2.75) is 19.4 Å². The molecule has 0 aliphatic rings. The standard InChI is InChI=1S/C10H14N6O2S/c11-9-13-5-8(19-9)7-6-16(15-14-7)4-2-1-3-12-10(17)18/h5-6,12H,1-4H2,(H2,11,13)(H,17,18). The molecule has 0 aliphatic heterocycles. The molecule has 2 aromatic rings. The van der Waals surface area contributed by atoms with Gasteiger partial charge in [-0.2, -0.15) is 0 Å². The van der Waals surface area contributed by atoms with Crippen molar-refractivity contribution in [3.8, 4) is 10.6 Å². The number of nitrogen functional groups attached to an aromatic ring is 1. The van der Waals surface area contributed by atoms with E-state index in [9.17, 15) is 4.79 Å². The second-order valence-electron chi connectivity index (χ2n) is 3.87. The van der Waals surface area contributed by atoms with Crippen molar-refractivity contribution in [2.75, 3.05) is 12.3 Å². The predicted octanol–water partition coefficient (Wildman–Crippen LogP) is 1.03. The fourth-order valence-electron chi connectivity index (χ4n) is 1.52. The summed E-state index contributed by atoms with van der Waals surface area (Å²) in [6, 6.07) is 0. The van der Waals surface area contributed by atoms with Crippen LogP contribution in [0.4, 0.5) is 9.93 Å². The Labute approximate surface area is 113 Å². The Bertz CT molecular complexity index is 552. The minimum atomic E-state index is -0.995. The third-order valence-corrected chi connectivity index (χ3v) is 3.25. The average molecular weight is 282 g/mol. The largest absolute Gasteiger partial charge is 0.465 e. The number of amides is 1. The predicted molar refractivity (Wildman–Crippen MR) is 70.8 cm³/mol. The molecule has 0 spiro atoms. The number of nitrogens with zero attached hydrogens (tertiary/aromatic N) is 4.